The summed E-state index contributed by atoms with van der Waals surface area (Å²) in [4.78, 5) is 17.5. The van der Waals surface area contributed by atoms with Crippen molar-refractivity contribution in [2.24, 2.45) is 0 Å². The van der Waals surface area contributed by atoms with Crippen molar-refractivity contribution in [3.8, 4) is 5.13 Å². The van der Waals surface area contributed by atoms with Gasteiger partial charge in [-0.1, -0.05) is 6.92 Å². The summed E-state index contributed by atoms with van der Waals surface area (Å²) in [5.74, 6) is -0.126. The average molecular weight is 436 g/mol. The first-order chi connectivity index (χ1) is 13.6. The number of thiazole rings is 1. The molecule has 0 saturated carbocycles. The number of sulfonamides is 1. The maximum atomic E-state index is 13.0. The first-order valence-electron chi connectivity index (χ1n) is 9.21. The molecule has 3 aromatic rings. The molecule has 0 radical (unpaired) electrons. The largest absolute Gasteiger partial charge is 0.294 e. The van der Waals surface area contributed by atoms with Gasteiger partial charge in [-0.15, -0.1) is 11.3 Å². The maximum Gasteiger partial charge on any atom is 0.246 e. The molecule has 10 heteroatoms. The van der Waals surface area contributed by atoms with Gasteiger partial charge < -0.3 is 0 Å². The molecule has 0 saturated heterocycles. The molecule has 0 aliphatic rings. The van der Waals surface area contributed by atoms with Crippen LogP contribution in [0, 0.1) is 27.7 Å². The van der Waals surface area contributed by atoms with Gasteiger partial charge in [0.25, 0.3) is 0 Å². The molecule has 3 heterocycles. The fourth-order valence-corrected chi connectivity index (χ4v) is 5.72. The number of hydrogen-bond donors (Lipinski definition) is 0. The van der Waals surface area contributed by atoms with Crippen LogP contribution in [0.15, 0.2) is 22.5 Å². The van der Waals surface area contributed by atoms with Gasteiger partial charge in [0.2, 0.25) is 10.0 Å². The minimum Gasteiger partial charge on any atom is -0.294 e. The molecule has 3 aromatic heterocycles. The van der Waals surface area contributed by atoms with E-state index in [4.69, 9.17) is 0 Å². The Hall–Kier alpha value is -2.30. The second-order valence-electron chi connectivity index (χ2n) is 6.93. The van der Waals surface area contributed by atoms with Crippen LogP contribution in [-0.2, 0) is 16.6 Å². The molecule has 0 aliphatic heterocycles. The molecule has 0 N–H and O–H groups in total. The van der Waals surface area contributed by atoms with Gasteiger partial charge in [-0.05, 0) is 33.8 Å². The highest BCUT2D eigenvalue weighted by molar-refractivity contribution is 7.89. The fraction of sp³-hybridized carbons (Fsp3) is 0.421. The smallest absolute Gasteiger partial charge is 0.246 e. The Kier molecular flexibility index (Phi) is 5.79. The summed E-state index contributed by atoms with van der Waals surface area (Å²) in [5, 5.41) is 7.04. The van der Waals surface area contributed by atoms with Crippen molar-refractivity contribution in [3.05, 3.63) is 46.0 Å². The van der Waals surface area contributed by atoms with Gasteiger partial charge >= 0.3 is 0 Å². The molecule has 0 spiro atoms. The first-order valence-corrected chi connectivity index (χ1v) is 11.5. The van der Waals surface area contributed by atoms with Crippen LogP contribution in [0.25, 0.3) is 5.13 Å². The Morgan fingerprint density at radius 3 is 2.48 bits per heavy atom. The SMILES string of the molecule is CCN(C)S(=O)(=O)c1c(C)nn(CC(=O)c2cc(C)n(-c3nccs3)c2C)c1C. The third-order valence-electron chi connectivity index (χ3n) is 5.06. The van der Waals surface area contributed by atoms with Crippen molar-refractivity contribution in [3.63, 3.8) is 0 Å². The number of carbonyl (C=O) groups is 1. The predicted octanol–water partition coefficient (Wildman–Crippen LogP) is 2.89. The average Bonchev–Trinajstić information content (AvgIpc) is 3.34. The van der Waals surface area contributed by atoms with E-state index in [1.165, 1.54) is 27.4 Å². The van der Waals surface area contributed by atoms with E-state index in [-0.39, 0.29) is 17.2 Å². The Balaban J connectivity index is 1.96. The van der Waals surface area contributed by atoms with Crippen LogP contribution in [0.2, 0.25) is 0 Å². The standard InChI is InChI=1S/C19H25N5O3S2/c1-7-22(6)29(26,27)18-13(3)21-23(15(18)5)11-17(25)16-10-12(2)24(14(16)4)19-20-8-9-28-19/h8-10H,7,11H2,1-6H3. The van der Waals surface area contributed by atoms with Crippen LogP contribution >= 0.6 is 11.3 Å². The van der Waals surface area contributed by atoms with Crippen molar-refractivity contribution in [2.75, 3.05) is 13.6 Å². The Labute approximate surface area is 174 Å². The van der Waals surface area contributed by atoms with E-state index in [9.17, 15) is 13.2 Å². The lowest BCUT2D eigenvalue weighted by atomic mass is 10.1. The summed E-state index contributed by atoms with van der Waals surface area (Å²) in [6.07, 6.45) is 1.73. The Morgan fingerprint density at radius 2 is 1.90 bits per heavy atom. The summed E-state index contributed by atoms with van der Waals surface area (Å²) < 4.78 is 30.3. The molecule has 0 bridgehead atoms. The monoisotopic (exact) mass is 435 g/mol. The van der Waals surface area contributed by atoms with Gasteiger partial charge in [0.15, 0.2) is 10.9 Å². The molecule has 3 rings (SSSR count). The van der Waals surface area contributed by atoms with Gasteiger partial charge in [-0.25, -0.2) is 17.7 Å². The second-order valence-corrected chi connectivity index (χ2v) is 9.79. The van der Waals surface area contributed by atoms with Crippen LogP contribution in [0.5, 0.6) is 0 Å². The second kappa shape index (κ2) is 7.85. The van der Waals surface area contributed by atoms with E-state index in [2.05, 4.69) is 10.1 Å². The van der Waals surface area contributed by atoms with Gasteiger partial charge in [-0.3, -0.25) is 14.0 Å². The normalized spacial score (nSPS) is 12.1. The summed E-state index contributed by atoms with van der Waals surface area (Å²) in [7, 11) is -2.11. The highest BCUT2D eigenvalue weighted by Crippen LogP contribution is 2.25. The van der Waals surface area contributed by atoms with Crippen molar-refractivity contribution in [1.29, 1.82) is 0 Å². The van der Waals surface area contributed by atoms with Crippen LogP contribution in [-0.4, -0.2) is 51.4 Å². The minimum absolute atomic E-state index is 0.0276. The third kappa shape index (κ3) is 3.67. The van der Waals surface area contributed by atoms with Crippen LogP contribution in [0.3, 0.4) is 0 Å². The quantitative estimate of drug-likeness (QED) is 0.532. The fourth-order valence-electron chi connectivity index (χ4n) is 3.42. The van der Waals surface area contributed by atoms with Crippen LogP contribution < -0.4 is 0 Å². The van der Waals surface area contributed by atoms with Gasteiger partial charge in [0.05, 0.1) is 11.4 Å². The van der Waals surface area contributed by atoms with Gasteiger partial charge in [0, 0.05) is 42.1 Å². The highest BCUT2D eigenvalue weighted by atomic mass is 32.2. The Bertz CT molecular complexity index is 1160. The molecule has 0 amide bonds. The highest BCUT2D eigenvalue weighted by Gasteiger charge is 2.29. The van der Waals surface area contributed by atoms with Crippen molar-refractivity contribution < 1.29 is 13.2 Å². The molecule has 156 valence electrons. The molecular weight excluding hydrogens is 410 g/mol. The Morgan fingerprint density at radius 1 is 1.21 bits per heavy atom. The van der Waals surface area contributed by atoms with E-state index in [1.54, 1.807) is 27.0 Å². The number of hydrogen-bond acceptors (Lipinski definition) is 6. The lowest BCUT2D eigenvalue weighted by Gasteiger charge is -2.15. The number of ketones is 1. The molecule has 0 aromatic carbocycles. The van der Waals surface area contributed by atoms with Crippen LogP contribution in [0.4, 0.5) is 0 Å². The van der Waals surface area contributed by atoms with Gasteiger partial charge in [-0.2, -0.15) is 5.10 Å². The first kappa shape index (κ1) is 21.4. The van der Waals surface area contributed by atoms with E-state index in [0.717, 1.165) is 16.5 Å². The zero-order valence-electron chi connectivity index (χ0n) is 17.4. The summed E-state index contributed by atoms with van der Waals surface area (Å²) in [6, 6.07) is 1.84. The molecule has 0 unspecified atom stereocenters. The number of carbonyl (C=O) groups excluding carboxylic acids is 1. The summed E-state index contributed by atoms with van der Waals surface area (Å²) >= 11 is 1.50. The molecule has 0 aliphatic carbocycles. The van der Waals surface area contributed by atoms with E-state index >= 15 is 0 Å². The lowest BCUT2D eigenvalue weighted by Crippen LogP contribution is -2.27. The van der Waals surface area contributed by atoms with Crippen molar-refractivity contribution in [1.82, 2.24) is 23.6 Å². The third-order valence-corrected chi connectivity index (χ3v) is 8.01. The topological polar surface area (TPSA) is 90.1 Å². The number of aryl methyl sites for hydroxylation is 2. The van der Waals surface area contributed by atoms with Gasteiger partial charge in [0.1, 0.15) is 11.4 Å². The molecule has 29 heavy (non-hydrogen) atoms. The van der Waals surface area contributed by atoms with Crippen LogP contribution in [0.1, 0.15) is 40.1 Å². The molecule has 0 atom stereocenters. The van der Waals surface area contributed by atoms with E-state index in [1.807, 2.05) is 29.9 Å². The van der Waals surface area contributed by atoms with E-state index in [0.29, 0.717) is 23.5 Å². The number of Topliss-reactive ketones (excluding diaryl/α,β-unsaturated/α-hetero) is 1. The minimum atomic E-state index is -3.64. The molecule has 0 fully saturated rings. The molecular formula is C19H25N5O3S2. The zero-order chi connectivity index (χ0) is 21.5. The summed E-state index contributed by atoms with van der Waals surface area (Å²) in [6.45, 7) is 9.25. The molecule has 8 nitrogen and oxygen atoms in total. The van der Waals surface area contributed by atoms with Crippen molar-refractivity contribution in [2.45, 2.75) is 46.1 Å². The van der Waals surface area contributed by atoms with Crippen molar-refractivity contribution >= 4 is 27.1 Å². The van der Waals surface area contributed by atoms with E-state index < -0.39 is 10.0 Å². The number of aromatic nitrogens is 4. The summed E-state index contributed by atoms with van der Waals surface area (Å²) in [5.41, 5.74) is 3.17. The zero-order valence-corrected chi connectivity index (χ0v) is 19.1. The predicted molar refractivity (Wildman–Crippen MR) is 112 cm³/mol. The lowest BCUT2D eigenvalue weighted by molar-refractivity contribution is 0.0966. The maximum absolute atomic E-state index is 13.0. The number of rotatable bonds is 7. The number of nitrogens with zero attached hydrogens (tertiary/aromatic N) is 5.